The van der Waals surface area contributed by atoms with Crippen molar-refractivity contribution >= 4 is 11.8 Å². The molecular formula is C14H17NO6. The Morgan fingerprint density at radius 1 is 0.905 bits per heavy atom. The molecule has 0 radical (unpaired) electrons. The monoisotopic (exact) mass is 295 g/mol. The van der Waals surface area contributed by atoms with Gasteiger partial charge >= 0.3 is 0 Å². The molecule has 0 fully saturated rings. The van der Waals surface area contributed by atoms with E-state index in [1.807, 2.05) is 0 Å². The molecule has 1 heterocycles. The number of benzene rings is 1. The van der Waals surface area contributed by atoms with Crippen LogP contribution < -0.4 is 10.1 Å². The SMILES string of the molecule is O=C1NC(=O)c2cc(OCCOCCOCCO)ccc21. The molecule has 114 valence electrons. The number of nitrogens with one attached hydrogen (secondary N) is 1. The van der Waals surface area contributed by atoms with Crippen molar-refractivity contribution < 1.29 is 28.9 Å². The van der Waals surface area contributed by atoms with Crippen molar-refractivity contribution in [3.05, 3.63) is 29.3 Å². The summed E-state index contributed by atoms with van der Waals surface area (Å²) < 4.78 is 15.7. The molecule has 0 unspecified atom stereocenters. The lowest BCUT2D eigenvalue weighted by Crippen LogP contribution is -2.19. The van der Waals surface area contributed by atoms with Crippen LogP contribution >= 0.6 is 0 Å². The standard InChI is InChI=1S/C14H17NO6/c16-3-4-19-5-6-20-7-8-21-10-1-2-11-12(9-10)14(18)15-13(11)17/h1-2,9,16H,3-8H2,(H,15,17,18). The zero-order valence-corrected chi connectivity index (χ0v) is 11.5. The molecule has 21 heavy (non-hydrogen) atoms. The van der Waals surface area contributed by atoms with E-state index < -0.39 is 5.91 Å². The van der Waals surface area contributed by atoms with Crippen LogP contribution in [0.4, 0.5) is 0 Å². The predicted octanol–water partition coefficient (Wildman–Crippen LogP) is -0.0255. The first-order valence-corrected chi connectivity index (χ1v) is 6.61. The van der Waals surface area contributed by atoms with Crippen molar-refractivity contribution in [1.82, 2.24) is 5.32 Å². The minimum atomic E-state index is -0.405. The average molecular weight is 295 g/mol. The lowest BCUT2D eigenvalue weighted by atomic mass is 10.1. The van der Waals surface area contributed by atoms with E-state index in [9.17, 15) is 9.59 Å². The Morgan fingerprint density at radius 3 is 2.33 bits per heavy atom. The molecule has 1 aromatic carbocycles. The smallest absolute Gasteiger partial charge is 0.259 e. The third kappa shape index (κ3) is 4.25. The van der Waals surface area contributed by atoms with E-state index in [4.69, 9.17) is 19.3 Å². The number of amides is 2. The number of hydrogen-bond acceptors (Lipinski definition) is 6. The number of carbonyl (C=O) groups excluding carboxylic acids is 2. The molecule has 2 N–H and O–H groups in total. The van der Waals surface area contributed by atoms with Crippen molar-refractivity contribution in [2.24, 2.45) is 0 Å². The maximum absolute atomic E-state index is 11.5. The van der Waals surface area contributed by atoms with Gasteiger partial charge in [-0.3, -0.25) is 14.9 Å². The van der Waals surface area contributed by atoms with Gasteiger partial charge in [-0.2, -0.15) is 0 Å². The second kappa shape index (κ2) is 7.72. The Balaban J connectivity index is 1.69. The number of aliphatic hydroxyl groups excluding tert-OH is 1. The van der Waals surface area contributed by atoms with Gasteiger partial charge in [0.1, 0.15) is 12.4 Å². The van der Waals surface area contributed by atoms with Crippen LogP contribution in [0.15, 0.2) is 18.2 Å². The highest BCUT2D eigenvalue weighted by molar-refractivity contribution is 6.21. The van der Waals surface area contributed by atoms with Crippen molar-refractivity contribution in [3.8, 4) is 5.75 Å². The van der Waals surface area contributed by atoms with Crippen LogP contribution in [-0.2, 0) is 9.47 Å². The summed E-state index contributed by atoms with van der Waals surface area (Å²) in [5.41, 5.74) is 0.695. The number of rotatable bonds is 9. The highest BCUT2D eigenvalue weighted by Crippen LogP contribution is 2.21. The molecule has 0 spiro atoms. The van der Waals surface area contributed by atoms with Gasteiger partial charge in [0.15, 0.2) is 0 Å². The number of hydrogen-bond donors (Lipinski definition) is 2. The van der Waals surface area contributed by atoms with Crippen LogP contribution in [0.5, 0.6) is 5.75 Å². The zero-order valence-electron chi connectivity index (χ0n) is 11.5. The summed E-state index contributed by atoms with van der Waals surface area (Å²) in [4.78, 5) is 22.9. The number of aliphatic hydroxyl groups is 1. The van der Waals surface area contributed by atoms with E-state index in [0.717, 1.165) is 0 Å². The van der Waals surface area contributed by atoms with E-state index in [1.165, 1.54) is 0 Å². The molecule has 0 aliphatic carbocycles. The fraction of sp³-hybridized carbons (Fsp3) is 0.429. The molecule has 1 aliphatic heterocycles. The lowest BCUT2D eigenvalue weighted by molar-refractivity contribution is 0.0247. The molecule has 0 saturated carbocycles. The summed E-state index contributed by atoms with van der Waals surface area (Å²) in [7, 11) is 0. The summed E-state index contributed by atoms with van der Waals surface area (Å²) >= 11 is 0. The van der Waals surface area contributed by atoms with Gasteiger partial charge in [0.2, 0.25) is 0 Å². The fourth-order valence-corrected chi connectivity index (χ4v) is 1.84. The average Bonchev–Trinajstić information content (AvgIpc) is 2.76. The minimum Gasteiger partial charge on any atom is -0.491 e. The number of carbonyl (C=O) groups is 2. The molecule has 0 saturated heterocycles. The molecular weight excluding hydrogens is 278 g/mol. The molecule has 7 nitrogen and oxygen atoms in total. The second-order valence-electron chi connectivity index (χ2n) is 4.29. The molecule has 1 aliphatic rings. The Hall–Kier alpha value is -1.96. The number of fused-ring (bicyclic) bond motifs is 1. The normalized spacial score (nSPS) is 13.2. The van der Waals surface area contributed by atoms with Crippen molar-refractivity contribution in [1.29, 1.82) is 0 Å². The van der Waals surface area contributed by atoms with Crippen LogP contribution in [0.2, 0.25) is 0 Å². The Labute approximate surface area is 121 Å². The topological polar surface area (TPSA) is 94.1 Å². The highest BCUT2D eigenvalue weighted by Gasteiger charge is 2.26. The Bertz CT molecular complexity index is 516. The summed E-state index contributed by atoms with van der Waals surface area (Å²) in [5, 5.41) is 10.7. The first kappa shape index (κ1) is 15.4. The van der Waals surface area contributed by atoms with Gasteiger partial charge in [-0.05, 0) is 18.2 Å². The Morgan fingerprint density at radius 2 is 1.57 bits per heavy atom. The molecule has 0 bridgehead atoms. The van der Waals surface area contributed by atoms with Gasteiger partial charge in [-0.25, -0.2) is 0 Å². The first-order chi connectivity index (χ1) is 10.2. The van der Waals surface area contributed by atoms with Gasteiger partial charge in [0, 0.05) is 0 Å². The summed E-state index contributed by atoms with van der Waals surface area (Å²) in [6.45, 7) is 1.85. The van der Waals surface area contributed by atoms with Crippen molar-refractivity contribution in [2.75, 3.05) is 39.6 Å². The molecule has 2 rings (SSSR count). The van der Waals surface area contributed by atoms with Crippen LogP contribution in [-0.4, -0.2) is 56.6 Å². The summed E-state index contributed by atoms with van der Waals surface area (Å²) in [6, 6.07) is 4.75. The second-order valence-corrected chi connectivity index (χ2v) is 4.29. The zero-order chi connectivity index (χ0) is 15.1. The summed E-state index contributed by atoms with van der Waals surface area (Å²) in [6.07, 6.45) is 0. The third-order valence-corrected chi connectivity index (χ3v) is 2.81. The van der Waals surface area contributed by atoms with Gasteiger partial charge in [0.05, 0.1) is 44.2 Å². The summed E-state index contributed by atoms with van der Waals surface area (Å²) in [5.74, 6) is -0.274. The van der Waals surface area contributed by atoms with Crippen LogP contribution in [0.3, 0.4) is 0 Å². The van der Waals surface area contributed by atoms with Gasteiger partial charge in [0.25, 0.3) is 11.8 Å². The van der Waals surface area contributed by atoms with Crippen LogP contribution in [0.25, 0.3) is 0 Å². The molecule has 2 amide bonds. The molecule has 0 atom stereocenters. The van der Waals surface area contributed by atoms with Crippen molar-refractivity contribution in [3.63, 3.8) is 0 Å². The van der Waals surface area contributed by atoms with E-state index in [1.54, 1.807) is 18.2 Å². The third-order valence-electron chi connectivity index (χ3n) is 2.81. The fourth-order valence-electron chi connectivity index (χ4n) is 1.84. The van der Waals surface area contributed by atoms with Crippen LogP contribution in [0, 0.1) is 0 Å². The van der Waals surface area contributed by atoms with E-state index >= 15 is 0 Å². The predicted molar refractivity (Wildman–Crippen MR) is 72.5 cm³/mol. The van der Waals surface area contributed by atoms with Gasteiger partial charge < -0.3 is 19.3 Å². The minimum absolute atomic E-state index is 0.00246. The molecule has 1 aromatic rings. The van der Waals surface area contributed by atoms with E-state index in [-0.39, 0.29) is 12.5 Å². The maximum atomic E-state index is 11.5. The van der Waals surface area contributed by atoms with Crippen molar-refractivity contribution in [2.45, 2.75) is 0 Å². The van der Waals surface area contributed by atoms with Crippen LogP contribution in [0.1, 0.15) is 20.7 Å². The number of ether oxygens (including phenoxy) is 3. The molecule has 7 heteroatoms. The maximum Gasteiger partial charge on any atom is 0.259 e. The lowest BCUT2D eigenvalue weighted by Gasteiger charge is -2.08. The quantitative estimate of drug-likeness (QED) is 0.491. The van der Waals surface area contributed by atoms with Gasteiger partial charge in [-0.1, -0.05) is 0 Å². The first-order valence-electron chi connectivity index (χ1n) is 6.61. The highest BCUT2D eigenvalue weighted by atomic mass is 16.5. The van der Waals surface area contributed by atoms with E-state index in [2.05, 4.69) is 5.32 Å². The van der Waals surface area contributed by atoms with E-state index in [0.29, 0.717) is 49.9 Å². The number of imide groups is 1. The van der Waals surface area contributed by atoms with Gasteiger partial charge in [-0.15, -0.1) is 0 Å². The Kier molecular flexibility index (Phi) is 5.68. The largest absolute Gasteiger partial charge is 0.491 e. The molecule has 0 aromatic heterocycles.